The van der Waals surface area contributed by atoms with Crippen LogP contribution in [-0.2, 0) is 10.0 Å². The van der Waals surface area contributed by atoms with Crippen molar-refractivity contribution >= 4 is 27.7 Å². The molecule has 1 rings (SSSR count). The van der Waals surface area contributed by atoms with E-state index in [2.05, 4.69) is 27.8 Å². The third kappa shape index (κ3) is 8.03. The Hall–Kier alpha value is -1.25. The van der Waals surface area contributed by atoms with Gasteiger partial charge in [-0.3, -0.25) is 4.99 Å². The fourth-order valence-corrected chi connectivity index (χ4v) is 3.58. The molecule has 0 fully saturated rings. The van der Waals surface area contributed by atoms with Gasteiger partial charge in [0.15, 0.2) is 5.96 Å². The van der Waals surface area contributed by atoms with Crippen molar-refractivity contribution in [1.29, 1.82) is 0 Å². The molecule has 8 heteroatoms. The predicted molar refractivity (Wildman–Crippen MR) is 103 cm³/mol. The molecule has 0 aromatic heterocycles. The van der Waals surface area contributed by atoms with Gasteiger partial charge in [0.25, 0.3) is 0 Å². The lowest BCUT2D eigenvalue weighted by atomic mass is 10.4. The quantitative estimate of drug-likeness (QED) is 0.283. The molecule has 0 bridgehead atoms. The Bertz CT molecular complexity index is 591. The topological polar surface area (TPSA) is 73.8 Å². The van der Waals surface area contributed by atoms with Gasteiger partial charge in [-0.15, -0.1) is 11.8 Å². The summed E-state index contributed by atoms with van der Waals surface area (Å²) in [6.07, 6.45) is 0.731. The van der Waals surface area contributed by atoms with Crippen molar-refractivity contribution in [3.63, 3.8) is 0 Å². The lowest BCUT2D eigenvalue weighted by Gasteiger charge is -2.16. The van der Waals surface area contributed by atoms with Gasteiger partial charge in [-0.05, 0) is 25.5 Å². The number of thioether (sulfide) groups is 1. The number of hydrogen-bond acceptors (Lipinski definition) is 4. The Kier molecular flexibility index (Phi) is 9.82. The van der Waals surface area contributed by atoms with Crippen LogP contribution < -0.4 is 10.6 Å². The highest BCUT2D eigenvalue weighted by atomic mass is 32.2. The van der Waals surface area contributed by atoms with Gasteiger partial charge in [0.1, 0.15) is 0 Å². The number of rotatable bonds is 10. The number of sulfonamides is 1. The first-order valence-electron chi connectivity index (χ1n) is 8.06. The second-order valence-electron chi connectivity index (χ2n) is 5.16. The van der Waals surface area contributed by atoms with Crippen LogP contribution in [0.4, 0.5) is 0 Å². The van der Waals surface area contributed by atoms with E-state index in [0.29, 0.717) is 13.1 Å². The summed E-state index contributed by atoms with van der Waals surface area (Å²) >= 11 is 1.79. The molecule has 0 radical (unpaired) electrons. The minimum atomic E-state index is -3.09. The molecule has 0 saturated carbocycles. The van der Waals surface area contributed by atoms with Crippen LogP contribution in [0.2, 0.25) is 0 Å². The fourth-order valence-electron chi connectivity index (χ4n) is 1.94. The van der Waals surface area contributed by atoms with Crippen molar-refractivity contribution in [3.05, 3.63) is 30.3 Å². The summed E-state index contributed by atoms with van der Waals surface area (Å²) in [4.78, 5) is 5.42. The van der Waals surface area contributed by atoms with Crippen LogP contribution in [0, 0.1) is 0 Å². The van der Waals surface area contributed by atoms with Crippen LogP contribution in [0.5, 0.6) is 0 Å². The van der Waals surface area contributed by atoms with E-state index >= 15 is 0 Å². The van der Waals surface area contributed by atoms with E-state index in [4.69, 9.17) is 0 Å². The first-order valence-corrected chi connectivity index (χ1v) is 10.7. The molecule has 1 aromatic carbocycles. The van der Waals surface area contributed by atoms with Crippen molar-refractivity contribution in [2.45, 2.75) is 18.2 Å². The van der Waals surface area contributed by atoms with Gasteiger partial charge in [0.05, 0.1) is 5.75 Å². The lowest BCUT2D eigenvalue weighted by Crippen LogP contribution is -2.40. The maximum Gasteiger partial charge on any atom is 0.213 e. The second kappa shape index (κ2) is 11.3. The van der Waals surface area contributed by atoms with Gasteiger partial charge >= 0.3 is 0 Å². The van der Waals surface area contributed by atoms with Crippen molar-refractivity contribution in [2.75, 3.05) is 45.2 Å². The van der Waals surface area contributed by atoms with E-state index in [0.717, 1.165) is 24.7 Å². The number of nitrogens with zero attached hydrogens (tertiary/aromatic N) is 2. The lowest BCUT2D eigenvalue weighted by molar-refractivity contribution is 0.461. The van der Waals surface area contributed by atoms with E-state index in [9.17, 15) is 8.42 Å². The number of guanidine groups is 1. The molecule has 0 saturated heterocycles. The molecule has 6 nitrogen and oxygen atoms in total. The minimum Gasteiger partial charge on any atom is -0.356 e. The molecule has 0 spiro atoms. The molecular formula is C16H28N4O2S2. The van der Waals surface area contributed by atoms with E-state index < -0.39 is 10.0 Å². The Labute approximate surface area is 150 Å². The zero-order chi connectivity index (χ0) is 17.8. The van der Waals surface area contributed by atoms with Crippen molar-refractivity contribution in [2.24, 2.45) is 4.99 Å². The largest absolute Gasteiger partial charge is 0.356 e. The molecule has 0 aliphatic heterocycles. The molecule has 0 heterocycles. The molecule has 1 aromatic rings. The van der Waals surface area contributed by atoms with Crippen molar-refractivity contribution in [1.82, 2.24) is 14.9 Å². The highest BCUT2D eigenvalue weighted by molar-refractivity contribution is 7.99. The Morgan fingerprint density at radius 1 is 1.21 bits per heavy atom. The highest BCUT2D eigenvalue weighted by Gasteiger charge is 2.13. The molecule has 0 aliphatic carbocycles. The van der Waals surface area contributed by atoms with Gasteiger partial charge in [-0.2, -0.15) is 0 Å². The van der Waals surface area contributed by atoms with Crippen LogP contribution in [0.15, 0.2) is 40.2 Å². The van der Waals surface area contributed by atoms with E-state index in [1.807, 2.05) is 18.2 Å². The molecule has 24 heavy (non-hydrogen) atoms. The number of benzene rings is 1. The molecular weight excluding hydrogens is 344 g/mol. The molecule has 0 amide bonds. The molecule has 0 unspecified atom stereocenters. The Morgan fingerprint density at radius 3 is 2.50 bits per heavy atom. The normalized spacial score (nSPS) is 12.4. The smallest absolute Gasteiger partial charge is 0.213 e. The highest BCUT2D eigenvalue weighted by Crippen LogP contribution is 2.15. The SMILES string of the molecule is CCS(=O)(=O)N(C)CCCNC(=NC)NCCSc1ccccc1. The van der Waals surface area contributed by atoms with Crippen molar-refractivity contribution in [3.8, 4) is 0 Å². The van der Waals surface area contributed by atoms with Gasteiger partial charge in [0.2, 0.25) is 10.0 Å². The predicted octanol–water partition coefficient (Wildman–Crippen LogP) is 1.62. The average molecular weight is 373 g/mol. The summed E-state index contributed by atoms with van der Waals surface area (Å²) in [5.74, 6) is 1.83. The summed E-state index contributed by atoms with van der Waals surface area (Å²) in [6, 6.07) is 10.3. The summed E-state index contributed by atoms with van der Waals surface area (Å²) in [7, 11) is 0.256. The van der Waals surface area contributed by atoms with E-state index in [1.165, 1.54) is 9.20 Å². The first-order chi connectivity index (χ1) is 11.5. The fraction of sp³-hybridized carbons (Fsp3) is 0.562. The van der Waals surface area contributed by atoms with Crippen LogP contribution in [-0.4, -0.2) is 63.9 Å². The summed E-state index contributed by atoms with van der Waals surface area (Å²) < 4.78 is 24.7. The molecule has 0 atom stereocenters. The van der Waals surface area contributed by atoms with Gasteiger partial charge in [-0.25, -0.2) is 12.7 Å². The molecule has 0 aliphatic rings. The summed E-state index contributed by atoms with van der Waals surface area (Å²) in [6.45, 7) is 3.64. The third-order valence-electron chi connectivity index (χ3n) is 3.41. The molecule has 136 valence electrons. The number of hydrogen-bond donors (Lipinski definition) is 2. The summed E-state index contributed by atoms with van der Waals surface area (Å²) in [5, 5.41) is 6.46. The standard InChI is InChI=1S/C16H28N4O2S2/c1-4-24(21,22)20(3)13-8-11-18-16(17-2)19-12-14-23-15-9-6-5-7-10-15/h5-7,9-10H,4,8,11-14H2,1-3H3,(H2,17,18,19). The molecule has 2 N–H and O–H groups in total. The maximum atomic E-state index is 11.6. The summed E-state index contributed by atoms with van der Waals surface area (Å²) in [5.41, 5.74) is 0. The van der Waals surface area contributed by atoms with Crippen molar-refractivity contribution < 1.29 is 8.42 Å². The Balaban J connectivity index is 2.17. The van der Waals surface area contributed by atoms with Crippen LogP contribution in [0.3, 0.4) is 0 Å². The zero-order valence-corrected chi connectivity index (χ0v) is 16.3. The van der Waals surface area contributed by atoms with E-state index in [-0.39, 0.29) is 5.75 Å². The van der Waals surface area contributed by atoms with Gasteiger partial charge in [0, 0.05) is 44.4 Å². The minimum absolute atomic E-state index is 0.138. The van der Waals surface area contributed by atoms with Crippen LogP contribution >= 0.6 is 11.8 Å². The maximum absolute atomic E-state index is 11.6. The third-order valence-corrected chi connectivity index (χ3v) is 6.29. The van der Waals surface area contributed by atoms with Gasteiger partial charge < -0.3 is 10.6 Å². The van der Waals surface area contributed by atoms with E-state index in [1.54, 1.807) is 32.8 Å². The average Bonchev–Trinajstić information content (AvgIpc) is 2.60. The monoisotopic (exact) mass is 372 g/mol. The van der Waals surface area contributed by atoms with Crippen LogP contribution in [0.25, 0.3) is 0 Å². The zero-order valence-electron chi connectivity index (χ0n) is 14.7. The number of aliphatic imine (C=N–C) groups is 1. The van der Waals surface area contributed by atoms with Crippen LogP contribution in [0.1, 0.15) is 13.3 Å². The van der Waals surface area contributed by atoms with Gasteiger partial charge in [-0.1, -0.05) is 18.2 Å². The first kappa shape index (κ1) is 20.8. The second-order valence-corrected chi connectivity index (χ2v) is 8.70. The number of nitrogens with one attached hydrogen (secondary N) is 2. The Morgan fingerprint density at radius 2 is 1.88 bits per heavy atom.